The van der Waals surface area contributed by atoms with Crippen LogP contribution in [0.2, 0.25) is 5.02 Å². The molecule has 0 radical (unpaired) electrons. The molecule has 2 aromatic carbocycles. The quantitative estimate of drug-likeness (QED) is 0.746. The lowest BCUT2D eigenvalue weighted by molar-refractivity contribution is 0.803. The highest BCUT2D eigenvalue weighted by molar-refractivity contribution is 8.01. The first-order valence-electron chi connectivity index (χ1n) is 6.23. The molecule has 102 valence electrons. The maximum atomic E-state index is 6.11. The van der Waals surface area contributed by atoms with Crippen LogP contribution in [0.3, 0.4) is 0 Å². The Labute approximate surface area is 131 Å². The zero-order valence-electron chi connectivity index (χ0n) is 10.9. The van der Waals surface area contributed by atoms with Crippen molar-refractivity contribution in [3.63, 3.8) is 0 Å². The highest BCUT2D eigenvalue weighted by atomic mass is 35.5. The largest absolute Gasteiger partial charge is 0.316 e. The van der Waals surface area contributed by atoms with Gasteiger partial charge in [0.15, 0.2) is 4.34 Å². The van der Waals surface area contributed by atoms with Crippen LogP contribution in [0, 0.1) is 0 Å². The van der Waals surface area contributed by atoms with Gasteiger partial charge in [-0.25, -0.2) is 4.98 Å². The first-order chi connectivity index (χ1) is 9.76. The first kappa shape index (κ1) is 13.9. The van der Waals surface area contributed by atoms with Gasteiger partial charge in [0.1, 0.15) is 0 Å². The summed E-state index contributed by atoms with van der Waals surface area (Å²) in [5.74, 6) is 0. The average Bonchev–Trinajstić information content (AvgIpc) is 2.84. The number of para-hydroxylation sites is 1. The lowest BCUT2D eigenvalue weighted by Gasteiger charge is -2.07. The molecule has 0 amide bonds. The summed E-state index contributed by atoms with van der Waals surface area (Å²) in [5.41, 5.74) is 2.29. The molecule has 5 heteroatoms. The van der Waals surface area contributed by atoms with Crippen molar-refractivity contribution in [3.8, 4) is 0 Å². The van der Waals surface area contributed by atoms with Gasteiger partial charge in [-0.3, -0.25) is 0 Å². The molecule has 0 saturated carbocycles. The number of hydrogen-bond acceptors (Lipinski definition) is 4. The first-order valence-corrected chi connectivity index (χ1v) is 8.24. The van der Waals surface area contributed by atoms with Crippen LogP contribution in [0.1, 0.15) is 5.56 Å². The van der Waals surface area contributed by atoms with Crippen LogP contribution in [0.5, 0.6) is 0 Å². The van der Waals surface area contributed by atoms with Gasteiger partial charge in [-0.1, -0.05) is 41.6 Å². The van der Waals surface area contributed by atoms with Gasteiger partial charge in [-0.2, -0.15) is 0 Å². The molecule has 0 bridgehead atoms. The summed E-state index contributed by atoms with van der Waals surface area (Å²) in [6.07, 6.45) is 0. The van der Waals surface area contributed by atoms with E-state index in [0.29, 0.717) is 0 Å². The Hall–Kier alpha value is -1.07. The summed E-state index contributed by atoms with van der Waals surface area (Å²) < 4.78 is 2.26. The normalized spacial score (nSPS) is 11.1. The van der Waals surface area contributed by atoms with Crippen molar-refractivity contribution in [3.05, 3.63) is 53.1 Å². The van der Waals surface area contributed by atoms with Gasteiger partial charge in [0, 0.05) is 16.5 Å². The number of hydrogen-bond donors (Lipinski definition) is 1. The van der Waals surface area contributed by atoms with E-state index in [4.69, 9.17) is 11.6 Å². The Bertz CT molecular complexity index is 707. The molecule has 3 aromatic rings. The summed E-state index contributed by atoms with van der Waals surface area (Å²) in [6.45, 7) is 0.824. The lowest BCUT2D eigenvalue weighted by atomic mass is 10.2. The Kier molecular flexibility index (Phi) is 4.27. The van der Waals surface area contributed by atoms with Crippen molar-refractivity contribution in [2.45, 2.75) is 15.8 Å². The number of nitrogens with zero attached hydrogens (tertiary/aromatic N) is 1. The van der Waals surface area contributed by atoms with E-state index in [1.54, 1.807) is 23.1 Å². The number of rotatable bonds is 4. The average molecular weight is 321 g/mol. The van der Waals surface area contributed by atoms with E-state index in [9.17, 15) is 0 Å². The minimum absolute atomic E-state index is 0.758. The maximum absolute atomic E-state index is 6.11. The van der Waals surface area contributed by atoms with Gasteiger partial charge < -0.3 is 5.32 Å². The number of aromatic nitrogens is 1. The van der Waals surface area contributed by atoms with Crippen molar-refractivity contribution in [2.24, 2.45) is 0 Å². The van der Waals surface area contributed by atoms with E-state index in [2.05, 4.69) is 22.4 Å². The van der Waals surface area contributed by atoms with E-state index in [1.807, 2.05) is 37.4 Å². The molecule has 0 saturated heterocycles. The second kappa shape index (κ2) is 6.14. The predicted molar refractivity (Wildman–Crippen MR) is 88.0 cm³/mol. The molecule has 2 nitrogen and oxygen atoms in total. The van der Waals surface area contributed by atoms with Gasteiger partial charge >= 0.3 is 0 Å². The maximum Gasteiger partial charge on any atom is 0.155 e. The smallest absolute Gasteiger partial charge is 0.155 e. The van der Waals surface area contributed by atoms with Crippen molar-refractivity contribution < 1.29 is 0 Å². The van der Waals surface area contributed by atoms with Crippen molar-refractivity contribution >= 4 is 44.9 Å². The molecule has 20 heavy (non-hydrogen) atoms. The predicted octanol–water partition coefficient (Wildman–Crippen LogP) is 4.82. The van der Waals surface area contributed by atoms with Crippen LogP contribution >= 0.6 is 34.7 Å². The molecule has 0 aliphatic carbocycles. The number of halogens is 1. The standard InChI is InChI=1S/C15H13ClN2S2/c1-17-9-10-6-7-11(16)8-14(10)20-15-18-12-4-2-3-5-13(12)19-15/h2-8,17H,9H2,1H3. The van der Waals surface area contributed by atoms with E-state index >= 15 is 0 Å². The molecule has 1 heterocycles. The van der Waals surface area contributed by atoms with E-state index in [0.717, 1.165) is 26.3 Å². The lowest BCUT2D eigenvalue weighted by Crippen LogP contribution is -2.05. The number of benzene rings is 2. The highest BCUT2D eigenvalue weighted by Gasteiger charge is 2.09. The van der Waals surface area contributed by atoms with Crippen LogP contribution < -0.4 is 5.32 Å². The molecule has 1 aromatic heterocycles. The van der Waals surface area contributed by atoms with Gasteiger partial charge in [0.2, 0.25) is 0 Å². The summed E-state index contributed by atoms with van der Waals surface area (Å²) in [6, 6.07) is 14.2. The Morgan fingerprint density at radius 1 is 1.25 bits per heavy atom. The minimum atomic E-state index is 0.758. The van der Waals surface area contributed by atoms with Crippen LogP contribution in [0.25, 0.3) is 10.2 Å². The van der Waals surface area contributed by atoms with Crippen molar-refractivity contribution in [2.75, 3.05) is 7.05 Å². The molecule has 0 fully saturated rings. The van der Waals surface area contributed by atoms with Crippen LogP contribution in [0.4, 0.5) is 0 Å². The zero-order chi connectivity index (χ0) is 13.9. The van der Waals surface area contributed by atoms with Gasteiger partial charge in [-0.05, 0) is 36.9 Å². The van der Waals surface area contributed by atoms with E-state index in [-0.39, 0.29) is 0 Å². The third-order valence-corrected chi connectivity index (χ3v) is 5.30. The monoisotopic (exact) mass is 320 g/mol. The summed E-state index contributed by atoms with van der Waals surface area (Å²) >= 11 is 9.50. The molecule has 0 aliphatic heterocycles. The second-order valence-electron chi connectivity index (χ2n) is 4.33. The van der Waals surface area contributed by atoms with Gasteiger partial charge in [0.25, 0.3) is 0 Å². The molecule has 0 aliphatic rings. The van der Waals surface area contributed by atoms with Crippen molar-refractivity contribution in [1.29, 1.82) is 0 Å². The summed E-state index contributed by atoms with van der Waals surface area (Å²) in [7, 11) is 1.95. The third kappa shape index (κ3) is 2.99. The fourth-order valence-electron chi connectivity index (χ4n) is 1.95. The zero-order valence-corrected chi connectivity index (χ0v) is 13.3. The SMILES string of the molecule is CNCc1ccc(Cl)cc1Sc1nc2ccccc2s1. The number of fused-ring (bicyclic) bond motifs is 1. The molecular weight excluding hydrogens is 308 g/mol. The van der Waals surface area contributed by atoms with Gasteiger partial charge in [0.05, 0.1) is 10.2 Å². The van der Waals surface area contributed by atoms with E-state index < -0.39 is 0 Å². The molecule has 0 atom stereocenters. The van der Waals surface area contributed by atoms with Crippen LogP contribution in [-0.2, 0) is 6.54 Å². The van der Waals surface area contributed by atoms with Gasteiger partial charge in [-0.15, -0.1) is 11.3 Å². The number of thiazole rings is 1. The molecule has 0 unspecified atom stereocenters. The summed E-state index contributed by atoms with van der Waals surface area (Å²) in [5, 5.41) is 3.94. The Morgan fingerprint density at radius 3 is 2.90 bits per heavy atom. The topological polar surface area (TPSA) is 24.9 Å². The molecule has 1 N–H and O–H groups in total. The molecule has 0 spiro atoms. The number of nitrogens with one attached hydrogen (secondary N) is 1. The minimum Gasteiger partial charge on any atom is -0.316 e. The third-order valence-electron chi connectivity index (χ3n) is 2.87. The second-order valence-corrected chi connectivity index (χ2v) is 7.09. The molecule has 3 rings (SSSR count). The summed E-state index contributed by atoms with van der Waals surface area (Å²) in [4.78, 5) is 5.82. The Balaban J connectivity index is 1.95. The van der Waals surface area contributed by atoms with Crippen LogP contribution in [0.15, 0.2) is 51.7 Å². The van der Waals surface area contributed by atoms with Crippen molar-refractivity contribution in [1.82, 2.24) is 10.3 Å². The molecular formula is C15H13ClN2S2. The highest BCUT2D eigenvalue weighted by Crippen LogP contribution is 2.36. The van der Waals surface area contributed by atoms with E-state index in [1.165, 1.54) is 10.3 Å². The fourth-order valence-corrected chi connectivity index (χ4v) is 4.38. The Morgan fingerprint density at radius 2 is 2.10 bits per heavy atom. The fraction of sp³-hybridized carbons (Fsp3) is 0.133. The van der Waals surface area contributed by atoms with Crippen LogP contribution in [-0.4, -0.2) is 12.0 Å².